The molecule has 0 heterocycles. The predicted octanol–water partition coefficient (Wildman–Crippen LogP) is 0.203. The molecule has 0 fully saturated rings. The van der Waals surface area contributed by atoms with Crippen LogP contribution in [0, 0.1) is 0 Å². The highest BCUT2D eigenvalue weighted by atomic mass is 32.2. The number of hydrogen-bond donors (Lipinski definition) is 0. The van der Waals surface area contributed by atoms with E-state index in [4.69, 9.17) is 0 Å². The van der Waals surface area contributed by atoms with Gasteiger partial charge in [0, 0.05) is 5.25 Å². The molecule has 12 heavy (non-hydrogen) atoms. The molecule has 0 saturated heterocycles. The lowest BCUT2D eigenvalue weighted by Crippen LogP contribution is -2.10. The molecule has 0 saturated carbocycles. The molecule has 0 aliphatic rings. The average molecular weight is 208 g/mol. The zero-order chi connectivity index (χ0) is 9.56. The van der Waals surface area contributed by atoms with E-state index in [2.05, 4.69) is 6.58 Å². The fraction of sp³-hybridized carbons (Fsp3) is 0.333. The third-order valence-corrected chi connectivity index (χ3v) is 2.27. The smallest absolute Gasteiger partial charge is 0.0438 e. The first-order valence-electron chi connectivity index (χ1n) is 3.03. The zero-order valence-electron chi connectivity index (χ0n) is 6.17. The maximum atomic E-state index is 10.4. The molecule has 0 bridgehead atoms. The van der Waals surface area contributed by atoms with Gasteiger partial charge in [0.05, 0.1) is 0 Å². The van der Waals surface area contributed by atoms with Crippen molar-refractivity contribution in [2.75, 3.05) is 0 Å². The summed E-state index contributed by atoms with van der Waals surface area (Å²) >= 11 is -4.65. The van der Waals surface area contributed by atoms with Crippen LogP contribution in [0.1, 0.15) is 6.42 Å². The van der Waals surface area contributed by atoms with E-state index in [0.717, 1.165) is 11.5 Å². The molecule has 0 spiro atoms. The van der Waals surface area contributed by atoms with Gasteiger partial charge in [0.25, 0.3) is 0 Å². The largest absolute Gasteiger partial charge is 0.772 e. The maximum Gasteiger partial charge on any atom is 0.0438 e. The summed E-state index contributed by atoms with van der Waals surface area (Å²) in [6.07, 6.45) is 2.73. The highest BCUT2D eigenvalue weighted by Gasteiger charge is 2.00. The van der Waals surface area contributed by atoms with Gasteiger partial charge in [-0.2, -0.15) is 0 Å². The van der Waals surface area contributed by atoms with Crippen LogP contribution in [0.2, 0.25) is 0 Å². The zero-order valence-corrected chi connectivity index (χ0v) is 7.81. The van der Waals surface area contributed by atoms with Gasteiger partial charge < -0.3 is 9.11 Å². The Morgan fingerprint density at radius 1 is 1.42 bits per heavy atom. The molecule has 0 N–H and O–H groups in total. The molecule has 0 aromatic carbocycles. The number of hydrogen-bond acceptors (Lipinski definition) is 4. The van der Waals surface area contributed by atoms with Crippen molar-refractivity contribution >= 4 is 22.2 Å². The lowest BCUT2D eigenvalue weighted by Gasteiger charge is -2.13. The Hall–Kier alpha value is -0.300. The van der Waals surface area contributed by atoms with Crippen molar-refractivity contribution in [3.05, 3.63) is 24.1 Å². The van der Waals surface area contributed by atoms with Crippen molar-refractivity contribution in [3.8, 4) is 0 Å². The predicted molar refractivity (Wildman–Crippen MR) is 45.6 cm³/mol. The minimum absolute atomic E-state index is 0.212. The van der Waals surface area contributed by atoms with E-state index >= 15 is 0 Å². The van der Waals surface area contributed by atoms with Gasteiger partial charge in [0.15, 0.2) is 0 Å². The molecule has 0 amide bonds. The molecule has 6 heteroatoms. The van der Waals surface area contributed by atoms with Crippen molar-refractivity contribution in [3.63, 3.8) is 0 Å². The van der Waals surface area contributed by atoms with Crippen LogP contribution < -0.4 is 0 Å². The summed E-state index contributed by atoms with van der Waals surface area (Å²) in [5.74, 6) is 0. The summed E-state index contributed by atoms with van der Waals surface area (Å²) in [5, 5.41) is 0.00431. The maximum absolute atomic E-state index is 10.4. The van der Waals surface area contributed by atoms with E-state index in [0.29, 0.717) is 0 Å². The van der Waals surface area contributed by atoms with Crippen molar-refractivity contribution in [2.24, 2.45) is 0 Å². The van der Waals surface area contributed by atoms with Gasteiger partial charge in [-0.15, -0.1) is 6.58 Å². The van der Waals surface area contributed by atoms with Crippen molar-refractivity contribution in [2.45, 2.75) is 11.7 Å². The SMILES string of the molecule is C=CCC(C=CS(=O)[O-])S(=O)[O-]. The van der Waals surface area contributed by atoms with Gasteiger partial charge in [0.1, 0.15) is 0 Å². The summed E-state index contributed by atoms with van der Waals surface area (Å²) in [7, 11) is 0. The van der Waals surface area contributed by atoms with E-state index in [1.165, 1.54) is 6.08 Å². The van der Waals surface area contributed by atoms with Crippen molar-refractivity contribution < 1.29 is 17.5 Å². The second-order valence-electron chi connectivity index (χ2n) is 1.91. The molecular formula is C6H8O4S2-2. The normalized spacial score (nSPS) is 18.8. The molecule has 0 radical (unpaired) electrons. The highest BCUT2D eigenvalue weighted by molar-refractivity contribution is 7.82. The minimum atomic E-state index is -2.34. The van der Waals surface area contributed by atoms with Crippen LogP contribution in [-0.2, 0) is 22.2 Å². The Balaban J connectivity index is 4.21. The van der Waals surface area contributed by atoms with Gasteiger partial charge in [0.2, 0.25) is 0 Å². The minimum Gasteiger partial charge on any atom is -0.772 e. The van der Waals surface area contributed by atoms with E-state index in [1.54, 1.807) is 0 Å². The summed E-state index contributed by atoms with van der Waals surface area (Å²) in [6.45, 7) is 3.35. The molecule has 0 aliphatic carbocycles. The van der Waals surface area contributed by atoms with Crippen LogP contribution in [-0.4, -0.2) is 22.8 Å². The second kappa shape index (κ2) is 6.24. The monoisotopic (exact) mass is 208 g/mol. The lowest BCUT2D eigenvalue weighted by molar-refractivity contribution is 0.529. The highest BCUT2D eigenvalue weighted by Crippen LogP contribution is 2.02. The van der Waals surface area contributed by atoms with Gasteiger partial charge in [-0.1, -0.05) is 12.2 Å². The van der Waals surface area contributed by atoms with Crippen molar-refractivity contribution in [1.82, 2.24) is 0 Å². The van der Waals surface area contributed by atoms with Crippen LogP contribution in [0.3, 0.4) is 0 Å². The van der Waals surface area contributed by atoms with E-state index in [9.17, 15) is 17.5 Å². The molecular weight excluding hydrogens is 200 g/mol. The third kappa shape index (κ3) is 5.36. The summed E-state index contributed by atoms with van der Waals surface area (Å²) in [6, 6.07) is 0. The van der Waals surface area contributed by atoms with Gasteiger partial charge in [-0.3, -0.25) is 8.42 Å². The van der Waals surface area contributed by atoms with Crippen LogP contribution in [0.15, 0.2) is 24.1 Å². The molecule has 70 valence electrons. The Morgan fingerprint density at radius 2 is 2.00 bits per heavy atom. The molecule has 0 aliphatic heterocycles. The van der Waals surface area contributed by atoms with E-state index in [-0.39, 0.29) is 6.42 Å². The van der Waals surface area contributed by atoms with Crippen LogP contribution in [0.5, 0.6) is 0 Å². The van der Waals surface area contributed by atoms with Gasteiger partial charge >= 0.3 is 0 Å². The Labute approximate surface area is 75.9 Å². The Kier molecular flexibility index (Phi) is 6.09. The summed E-state index contributed by atoms with van der Waals surface area (Å²) in [4.78, 5) is 0. The molecule has 3 unspecified atom stereocenters. The molecule has 3 atom stereocenters. The van der Waals surface area contributed by atoms with Crippen LogP contribution in [0.25, 0.3) is 0 Å². The topological polar surface area (TPSA) is 80.3 Å². The molecule has 0 aromatic rings. The summed E-state index contributed by atoms with van der Waals surface area (Å²) < 4.78 is 40.8. The first-order chi connectivity index (χ1) is 5.57. The lowest BCUT2D eigenvalue weighted by atomic mass is 10.3. The van der Waals surface area contributed by atoms with Crippen molar-refractivity contribution in [1.29, 1.82) is 0 Å². The third-order valence-electron chi connectivity index (χ3n) is 1.05. The summed E-state index contributed by atoms with van der Waals surface area (Å²) in [5.41, 5.74) is 0. The van der Waals surface area contributed by atoms with Gasteiger partial charge in [-0.25, -0.2) is 0 Å². The Bertz CT molecular complexity index is 224. The van der Waals surface area contributed by atoms with Gasteiger partial charge in [-0.05, 0) is 34.0 Å². The second-order valence-corrected chi connectivity index (χ2v) is 3.83. The number of rotatable bonds is 5. The standard InChI is InChI=1S/C6H10O4S2/c1-2-3-6(12(9)10)4-5-11(7)8/h2,4-6H,1,3H2,(H,7,8)(H,9,10)/p-2. The fourth-order valence-corrected chi connectivity index (χ4v) is 1.45. The fourth-order valence-electron chi connectivity index (χ4n) is 0.537. The quantitative estimate of drug-likeness (QED) is 0.477. The van der Waals surface area contributed by atoms with E-state index < -0.39 is 27.4 Å². The molecule has 4 nitrogen and oxygen atoms in total. The first-order valence-corrected chi connectivity index (χ1v) is 5.31. The molecule has 0 rings (SSSR count). The average Bonchev–Trinajstić information content (AvgIpc) is 1.96. The number of allylic oxidation sites excluding steroid dienone is 1. The molecule has 0 aromatic heterocycles. The first kappa shape index (κ1) is 11.7. The Morgan fingerprint density at radius 3 is 2.33 bits per heavy atom. The van der Waals surface area contributed by atoms with Crippen LogP contribution >= 0.6 is 0 Å². The van der Waals surface area contributed by atoms with Crippen LogP contribution in [0.4, 0.5) is 0 Å². The van der Waals surface area contributed by atoms with E-state index in [1.807, 2.05) is 0 Å².